The van der Waals surface area contributed by atoms with E-state index in [4.69, 9.17) is 26.2 Å². The normalized spacial score (nSPS) is 13.0. The third-order valence-corrected chi connectivity index (χ3v) is 10.2. The van der Waals surface area contributed by atoms with Gasteiger partial charge in [-0.25, -0.2) is 15.0 Å². The molecule has 0 atom stereocenters. The highest BCUT2D eigenvalue weighted by Gasteiger charge is 2.19. The van der Waals surface area contributed by atoms with Crippen LogP contribution in [-0.4, -0.2) is 15.0 Å². The van der Waals surface area contributed by atoms with Crippen molar-refractivity contribution in [2.24, 2.45) is 0 Å². The predicted molar refractivity (Wildman–Crippen MR) is 207 cm³/mol. The number of thiophene rings is 1. The molecule has 10 rings (SSSR count). The molecule has 4 nitrogen and oxygen atoms in total. The lowest BCUT2D eigenvalue weighted by atomic mass is 9.96. The lowest BCUT2D eigenvalue weighted by Gasteiger charge is -2.09. The molecule has 0 aliphatic rings. The number of benzene rings is 7. The van der Waals surface area contributed by atoms with Crippen LogP contribution in [0.1, 0.15) is 6.85 Å². The van der Waals surface area contributed by atoms with Gasteiger partial charge < -0.3 is 4.42 Å². The van der Waals surface area contributed by atoms with Crippen LogP contribution in [0.2, 0.25) is 0 Å². The van der Waals surface area contributed by atoms with Gasteiger partial charge in [-0.05, 0) is 47.0 Å². The third kappa shape index (κ3) is 4.79. The van der Waals surface area contributed by atoms with Gasteiger partial charge in [0.05, 0.1) is 12.4 Å². The van der Waals surface area contributed by atoms with Gasteiger partial charge in [-0.1, -0.05) is 133 Å². The van der Waals surface area contributed by atoms with E-state index in [1.165, 1.54) is 11.3 Å². The second-order valence-electron chi connectivity index (χ2n) is 12.0. The molecular formula is C45H27N3OS. The summed E-state index contributed by atoms with van der Waals surface area (Å²) in [6, 6.07) is 42.2. The Morgan fingerprint density at radius 1 is 0.460 bits per heavy atom. The van der Waals surface area contributed by atoms with Crippen LogP contribution in [0.4, 0.5) is 0 Å². The molecule has 3 aromatic heterocycles. The lowest BCUT2D eigenvalue weighted by molar-refractivity contribution is 0.669. The van der Waals surface area contributed by atoms with E-state index < -0.39 is 6.04 Å². The van der Waals surface area contributed by atoms with Gasteiger partial charge in [-0.3, -0.25) is 0 Å². The summed E-state index contributed by atoms with van der Waals surface area (Å²) in [6.07, 6.45) is 0. The molecule has 0 spiro atoms. The number of hydrogen-bond acceptors (Lipinski definition) is 5. The van der Waals surface area contributed by atoms with Crippen molar-refractivity contribution in [2.45, 2.75) is 0 Å². The molecular weight excluding hydrogens is 631 g/mol. The summed E-state index contributed by atoms with van der Waals surface area (Å²) in [5, 5.41) is 3.89. The van der Waals surface area contributed by atoms with Crippen molar-refractivity contribution in [1.29, 1.82) is 0 Å². The van der Waals surface area contributed by atoms with Crippen molar-refractivity contribution in [2.75, 3.05) is 0 Å². The van der Waals surface area contributed by atoms with Crippen LogP contribution >= 0.6 is 11.3 Å². The van der Waals surface area contributed by atoms with Crippen LogP contribution in [-0.2, 0) is 0 Å². The first kappa shape index (κ1) is 23.8. The van der Waals surface area contributed by atoms with Crippen molar-refractivity contribution in [1.82, 2.24) is 15.0 Å². The first-order valence-corrected chi connectivity index (χ1v) is 17.0. The maximum atomic E-state index is 8.87. The smallest absolute Gasteiger partial charge is 0.167 e. The van der Waals surface area contributed by atoms with E-state index in [1.807, 2.05) is 115 Å². The monoisotopic (exact) mass is 662 g/mol. The Balaban J connectivity index is 1.20. The van der Waals surface area contributed by atoms with Gasteiger partial charge in [0, 0.05) is 47.6 Å². The van der Waals surface area contributed by atoms with Crippen molar-refractivity contribution < 1.29 is 11.3 Å². The molecule has 5 heteroatoms. The second kappa shape index (κ2) is 11.6. The fourth-order valence-electron chi connectivity index (χ4n) is 6.65. The standard InChI is InChI=1S/C45H27N3OS/c1-4-13-28(14-5-1)32-25-37(29-15-6-2-7-16-29)42-38(26-32)34-24-23-31(27-40(34)50-42)44-46-43(30-17-8-3-9-18-30)47-45(48-44)36-21-12-20-35-33-19-10-11-22-39(33)49-41(35)36/h1-27H/i2D,6D,7D,15D,16D. The number of rotatable bonds is 5. The largest absolute Gasteiger partial charge is 0.455 e. The van der Waals surface area contributed by atoms with Crippen molar-refractivity contribution in [3.8, 4) is 56.4 Å². The van der Waals surface area contributed by atoms with Gasteiger partial charge in [-0.15, -0.1) is 11.3 Å². The van der Waals surface area contributed by atoms with E-state index in [2.05, 4.69) is 18.2 Å². The fourth-order valence-corrected chi connectivity index (χ4v) is 7.89. The number of furan rings is 1. The van der Waals surface area contributed by atoms with Crippen molar-refractivity contribution >= 4 is 53.4 Å². The molecule has 0 aliphatic heterocycles. The van der Waals surface area contributed by atoms with Gasteiger partial charge in [0.25, 0.3) is 0 Å². The van der Waals surface area contributed by atoms with Gasteiger partial charge in [0.2, 0.25) is 0 Å². The number of aromatic nitrogens is 3. The number of hydrogen-bond donors (Lipinski definition) is 0. The molecule has 0 aliphatic carbocycles. The van der Waals surface area contributed by atoms with Crippen LogP contribution in [0.5, 0.6) is 0 Å². The summed E-state index contributed by atoms with van der Waals surface area (Å²) in [4.78, 5) is 15.0. The summed E-state index contributed by atoms with van der Waals surface area (Å²) in [5.74, 6) is 1.51. The zero-order valence-corrected chi connectivity index (χ0v) is 27.2. The van der Waals surface area contributed by atoms with Crippen LogP contribution in [0.3, 0.4) is 0 Å². The Labute approximate surface area is 299 Å². The Morgan fingerprint density at radius 2 is 1.16 bits per heavy atom. The Hall–Kier alpha value is -6.43. The van der Waals surface area contributed by atoms with E-state index in [9.17, 15) is 0 Å². The van der Waals surface area contributed by atoms with Gasteiger partial charge in [-0.2, -0.15) is 0 Å². The summed E-state index contributed by atoms with van der Waals surface area (Å²) < 4.78 is 51.0. The summed E-state index contributed by atoms with van der Waals surface area (Å²) >= 11 is 1.51. The summed E-state index contributed by atoms with van der Waals surface area (Å²) in [7, 11) is 0. The van der Waals surface area contributed by atoms with Gasteiger partial charge in [0.1, 0.15) is 11.2 Å². The van der Waals surface area contributed by atoms with Gasteiger partial charge in [0.15, 0.2) is 17.5 Å². The average Bonchev–Trinajstić information content (AvgIpc) is 3.81. The van der Waals surface area contributed by atoms with E-state index in [1.54, 1.807) is 0 Å². The minimum absolute atomic E-state index is 0.176. The topological polar surface area (TPSA) is 51.8 Å². The molecule has 50 heavy (non-hydrogen) atoms. The van der Waals surface area contributed by atoms with E-state index in [0.717, 1.165) is 64.3 Å². The number of fused-ring (bicyclic) bond motifs is 6. The minimum atomic E-state index is -0.418. The molecule has 0 radical (unpaired) electrons. The SMILES string of the molecule is [2H]c1c([2H])c([2H])c(-c2cc(-c3ccccc3)cc3c2sc2cc(-c4nc(-c5ccccc5)nc(-c5cccc6c5oc5ccccc56)n4)ccc23)c([2H])c1[2H]. The predicted octanol–water partition coefficient (Wildman–Crippen LogP) is 12.5. The zero-order valence-electron chi connectivity index (χ0n) is 31.4. The maximum Gasteiger partial charge on any atom is 0.167 e. The molecule has 0 saturated heterocycles. The molecule has 0 N–H and O–H groups in total. The molecule has 0 fully saturated rings. The van der Waals surface area contributed by atoms with E-state index in [-0.39, 0.29) is 29.7 Å². The second-order valence-corrected chi connectivity index (χ2v) is 13.1. The highest BCUT2D eigenvalue weighted by molar-refractivity contribution is 7.26. The quantitative estimate of drug-likeness (QED) is 0.184. The summed E-state index contributed by atoms with van der Waals surface area (Å²) in [6.45, 7) is 0. The Kier molecular flexibility index (Phi) is 5.54. The highest BCUT2D eigenvalue weighted by atomic mass is 32.1. The molecule has 0 bridgehead atoms. The highest BCUT2D eigenvalue weighted by Crippen LogP contribution is 2.44. The number of para-hydroxylation sites is 2. The van der Waals surface area contributed by atoms with Crippen LogP contribution in [0.25, 0.3) is 98.5 Å². The molecule has 7 aromatic carbocycles. The van der Waals surface area contributed by atoms with Gasteiger partial charge >= 0.3 is 0 Å². The molecule has 0 amide bonds. The zero-order chi connectivity index (χ0) is 37.4. The van der Waals surface area contributed by atoms with E-state index >= 15 is 0 Å². The average molecular weight is 663 g/mol. The molecule has 0 saturated carbocycles. The molecule has 10 aromatic rings. The van der Waals surface area contributed by atoms with Crippen LogP contribution in [0.15, 0.2) is 168 Å². The lowest BCUT2D eigenvalue weighted by Crippen LogP contribution is -2.00. The van der Waals surface area contributed by atoms with Crippen molar-refractivity contribution in [3.05, 3.63) is 164 Å². The Bertz CT molecular complexity index is 3130. The van der Waals surface area contributed by atoms with Crippen LogP contribution in [0, 0.1) is 0 Å². The van der Waals surface area contributed by atoms with Crippen molar-refractivity contribution in [3.63, 3.8) is 0 Å². The molecule has 3 heterocycles. The molecule has 0 unspecified atom stereocenters. The van der Waals surface area contributed by atoms with Crippen LogP contribution < -0.4 is 0 Å². The maximum absolute atomic E-state index is 8.87. The fraction of sp³-hybridized carbons (Fsp3) is 0. The Morgan fingerprint density at radius 3 is 1.98 bits per heavy atom. The minimum Gasteiger partial charge on any atom is -0.455 e. The summed E-state index contributed by atoms with van der Waals surface area (Å²) in [5.41, 5.74) is 6.49. The number of nitrogens with zero attached hydrogens (tertiary/aromatic N) is 3. The third-order valence-electron chi connectivity index (χ3n) is 9.02. The first-order chi connectivity index (χ1) is 26.8. The van der Waals surface area contributed by atoms with E-state index in [0.29, 0.717) is 28.6 Å². The first-order valence-electron chi connectivity index (χ1n) is 18.7. The molecule has 234 valence electrons.